The molecule has 0 aliphatic carbocycles. The van der Waals surface area contributed by atoms with Gasteiger partial charge in [-0.1, -0.05) is 103 Å². The fourth-order valence-corrected chi connectivity index (χ4v) is 6.65. The summed E-state index contributed by atoms with van der Waals surface area (Å²) in [5, 5.41) is 4.64. The first-order valence-corrected chi connectivity index (χ1v) is 12.9. The maximum absolute atomic E-state index is 14.8. The quantitative estimate of drug-likeness (QED) is 0.181. The average molecular weight is 490 g/mol. The van der Waals surface area contributed by atoms with E-state index in [0.717, 1.165) is 55.4 Å². The zero-order valence-electron chi connectivity index (χ0n) is 20.5. The molecule has 3 nitrogen and oxygen atoms in total. The van der Waals surface area contributed by atoms with Crippen LogP contribution in [-0.4, -0.2) is 5.91 Å². The van der Waals surface area contributed by atoms with Crippen molar-refractivity contribution >= 4 is 33.1 Å². The van der Waals surface area contributed by atoms with E-state index in [1.165, 1.54) is 0 Å². The summed E-state index contributed by atoms with van der Waals surface area (Å²) in [6.45, 7) is 0. The lowest BCUT2D eigenvalue weighted by molar-refractivity contribution is -0.131. The first-order chi connectivity index (χ1) is 18.8. The molecule has 180 valence electrons. The number of rotatable bonds is 2. The predicted molar refractivity (Wildman–Crippen MR) is 152 cm³/mol. The number of amides is 1. The van der Waals surface area contributed by atoms with Crippen molar-refractivity contribution in [1.82, 2.24) is 0 Å². The van der Waals surface area contributed by atoms with E-state index in [2.05, 4.69) is 66.7 Å². The largest absolute Gasteiger partial charge is 0.457 e. The molecule has 8 rings (SSSR count). The molecule has 38 heavy (non-hydrogen) atoms. The summed E-state index contributed by atoms with van der Waals surface area (Å²) >= 11 is 0. The highest BCUT2D eigenvalue weighted by atomic mass is 16.5. The van der Waals surface area contributed by atoms with E-state index in [4.69, 9.17) is 4.74 Å². The summed E-state index contributed by atoms with van der Waals surface area (Å²) in [6.07, 6.45) is 0. The number of ether oxygens (including phenoxy) is 1. The van der Waals surface area contributed by atoms with Crippen LogP contribution in [0.2, 0.25) is 0 Å². The zero-order chi connectivity index (χ0) is 25.3. The summed E-state index contributed by atoms with van der Waals surface area (Å²) in [6, 6.07) is 45.1. The standard InChI is InChI=1S/C35H23NO2/c37-34-35(28-18-8-10-20-30(28)38-31-21-11-9-19-29(31)35)33(36(34)25-14-2-1-3-15-25)32-26-16-6-4-12-23(26)22-24-13-5-7-17-27(24)32/h1-22,33H. The molecule has 0 radical (unpaired) electrons. The molecule has 6 aromatic carbocycles. The molecule has 1 fully saturated rings. The van der Waals surface area contributed by atoms with E-state index in [1.54, 1.807) is 0 Å². The first-order valence-electron chi connectivity index (χ1n) is 12.9. The third kappa shape index (κ3) is 2.65. The molecule has 1 amide bonds. The molecule has 6 aromatic rings. The topological polar surface area (TPSA) is 29.5 Å². The van der Waals surface area contributed by atoms with Crippen LogP contribution in [-0.2, 0) is 10.2 Å². The number of carbonyl (C=O) groups is 1. The van der Waals surface area contributed by atoms with Crippen molar-refractivity contribution in [2.24, 2.45) is 0 Å². The lowest BCUT2D eigenvalue weighted by atomic mass is 9.57. The van der Waals surface area contributed by atoms with Crippen LogP contribution in [0.5, 0.6) is 11.5 Å². The Morgan fingerprint density at radius 1 is 0.579 bits per heavy atom. The first kappa shape index (κ1) is 21.2. The van der Waals surface area contributed by atoms with E-state index in [1.807, 2.05) is 71.6 Å². The van der Waals surface area contributed by atoms with Gasteiger partial charge in [0, 0.05) is 16.8 Å². The Labute approximate surface area is 220 Å². The van der Waals surface area contributed by atoms with Crippen LogP contribution in [0.15, 0.2) is 133 Å². The van der Waals surface area contributed by atoms with Crippen LogP contribution in [0.4, 0.5) is 5.69 Å². The summed E-state index contributed by atoms with van der Waals surface area (Å²) in [7, 11) is 0. The molecule has 1 saturated heterocycles. The smallest absolute Gasteiger partial charge is 0.245 e. The molecule has 0 N–H and O–H groups in total. The molecule has 0 saturated carbocycles. The number of fused-ring (bicyclic) bond motifs is 6. The van der Waals surface area contributed by atoms with Gasteiger partial charge in [0.15, 0.2) is 0 Å². The van der Waals surface area contributed by atoms with Crippen LogP contribution >= 0.6 is 0 Å². The van der Waals surface area contributed by atoms with Crippen molar-refractivity contribution in [2.45, 2.75) is 11.5 Å². The Morgan fingerprint density at radius 2 is 1.08 bits per heavy atom. The van der Waals surface area contributed by atoms with Gasteiger partial charge in [0.25, 0.3) is 0 Å². The number of hydrogen-bond acceptors (Lipinski definition) is 2. The highest BCUT2D eigenvalue weighted by Crippen LogP contribution is 2.64. The van der Waals surface area contributed by atoms with Crippen LogP contribution in [0.25, 0.3) is 21.5 Å². The molecule has 2 aliphatic heterocycles. The fraction of sp³-hybridized carbons (Fsp3) is 0.0571. The minimum absolute atomic E-state index is 0.0638. The number of nitrogens with zero attached hydrogens (tertiary/aromatic N) is 1. The maximum Gasteiger partial charge on any atom is 0.245 e. The second kappa shape index (κ2) is 7.80. The highest BCUT2D eigenvalue weighted by molar-refractivity contribution is 6.16. The summed E-state index contributed by atoms with van der Waals surface area (Å²) in [5.74, 6) is 1.54. The Morgan fingerprint density at radius 3 is 1.68 bits per heavy atom. The van der Waals surface area contributed by atoms with Crippen molar-refractivity contribution in [3.63, 3.8) is 0 Å². The van der Waals surface area contributed by atoms with E-state index in [9.17, 15) is 4.79 Å². The summed E-state index contributed by atoms with van der Waals surface area (Å²) in [4.78, 5) is 16.8. The highest BCUT2D eigenvalue weighted by Gasteiger charge is 2.67. The molecule has 1 unspecified atom stereocenters. The van der Waals surface area contributed by atoms with Crippen molar-refractivity contribution in [2.75, 3.05) is 4.90 Å². The molecule has 3 heteroatoms. The minimum atomic E-state index is -0.922. The lowest BCUT2D eigenvalue weighted by Gasteiger charge is -2.58. The van der Waals surface area contributed by atoms with Gasteiger partial charge in [-0.2, -0.15) is 0 Å². The van der Waals surface area contributed by atoms with Gasteiger partial charge in [0.05, 0.1) is 6.04 Å². The fourth-order valence-electron chi connectivity index (χ4n) is 6.65. The number of para-hydroxylation sites is 3. The molecule has 2 heterocycles. The average Bonchev–Trinajstić information content (AvgIpc) is 2.98. The van der Waals surface area contributed by atoms with Gasteiger partial charge >= 0.3 is 0 Å². The molecule has 0 aromatic heterocycles. The van der Waals surface area contributed by atoms with E-state index in [-0.39, 0.29) is 11.9 Å². The van der Waals surface area contributed by atoms with Crippen LogP contribution in [0, 0.1) is 0 Å². The van der Waals surface area contributed by atoms with Gasteiger partial charge in [0.2, 0.25) is 5.91 Å². The SMILES string of the molecule is O=C1N(c2ccccc2)C(c2c3ccccc3cc3ccccc23)C12c1ccccc1Oc1ccccc12. The predicted octanol–water partition coefficient (Wildman–Crippen LogP) is 8.17. The maximum atomic E-state index is 14.8. The second-order valence-electron chi connectivity index (χ2n) is 10.0. The Kier molecular flexibility index (Phi) is 4.36. The van der Waals surface area contributed by atoms with E-state index in [0.29, 0.717) is 0 Å². The molecule has 2 aliphatic rings. The van der Waals surface area contributed by atoms with Crippen molar-refractivity contribution < 1.29 is 9.53 Å². The number of benzene rings is 6. The summed E-state index contributed by atoms with van der Waals surface area (Å²) in [5.41, 5.74) is 2.96. The van der Waals surface area contributed by atoms with Gasteiger partial charge in [0.1, 0.15) is 16.9 Å². The normalized spacial score (nSPS) is 17.1. The minimum Gasteiger partial charge on any atom is -0.457 e. The monoisotopic (exact) mass is 489 g/mol. The Balaban J connectivity index is 1.54. The number of hydrogen-bond donors (Lipinski definition) is 0. The van der Waals surface area contributed by atoms with Gasteiger partial charge in [-0.15, -0.1) is 0 Å². The Hall–Kier alpha value is -4.89. The van der Waals surface area contributed by atoms with Crippen LogP contribution in [0.1, 0.15) is 22.7 Å². The van der Waals surface area contributed by atoms with Crippen molar-refractivity contribution in [3.8, 4) is 11.5 Å². The summed E-state index contributed by atoms with van der Waals surface area (Å²) < 4.78 is 6.39. The van der Waals surface area contributed by atoms with Crippen LogP contribution in [0.3, 0.4) is 0 Å². The lowest BCUT2D eigenvalue weighted by Crippen LogP contribution is -2.67. The molecular weight excluding hydrogens is 466 g/mol. The third-order valence-corrected chi connectivity index (χ3v) is 8.19. The molecule has 1 atom stereocenters. The molecule has 0 bridgehead atoms. The molecular formula is C35H23NO2. The van der Waals surface area contributed by atoms with Gasteiger partial charge in [-0.25, -0.2) is 0 Å². The van der Waals surface area contributed by atoms with E-state index >= 15 is 0 Å². The number of β-lactam (4-membered cyclic amide) rings is 1. The number of carbonyl (C=O) groups excluding carboxylic acids is 1. The van der Waals surface area contributed by atoms with Crippen LogP contribution < -0.4 is 9.64 Å². The van der Waals surface area contributed by atoms with E-state index < -0.39 is 5.41 Å². The van der Waals surface area contributed by atoms with Gasteiger partial charge in [-0.3, -0.25) is 4.79 Å². The van der Waals surface area contributed by atoms with Crippen molar-refractivity contribution in [1.29, 1.82) is 0 Å². The molecule has 1 spiro atoms. The Bertz CT molecular complexity index is 1790. The van der Waals surface area contributed by atoms with Crippen molar-refractivity contribution in [3.05, 3.63) is 150 Å². The number of anilines is 1. The second-order valence-corrected chi connectivity index (χ2v) is 10.0. The third-order valence-electron chi connectivity index (χ3n) is 8.19. The van der Waals surface area contributed by atoms with Gasteiger partial charge in [-0.05, 0) is 57.4 Å². The zero-order valence-corrected chi connectivity index (χ0v) is 20.5. The van der Waals surface area contributed by atoms with Gasteiger partial charge < -0.3 is 9.64 Å².